The first-order valence-corrected chi connectivity index (χ1v) is 10.6. The maximum absolute atomic E-state index is 12.8. The lowest BCUT2D eigenvalue weighted by atomic mass is 10.0. The Morgan fingerprint density at radius 2 is 1.85 bits per heavy atom. The summed E-state index contributed by atoms with van der Waals surface area (Å²) in [5.41, 5.74) is 0. The molecule has 0 aromatic heterocycles. The van der Waals surface area contributed by atoms with Crippen molar-refractivity contribution < 1.29 is 17.9 Å². The van der Waals surface area contributed by atoms with Crippen LogP contribution in [0.5, 0.6) is 5.75 Å². The third kappa shape index (κ3) is 4.27. The Morgan fingerprint density at radius 3 is 2.42 bits per heavy atom. The third-order valence-corrected chi connectivity index (χ3v) is 6.83. The van der Waals surface area contributed by atoms with Crippen LogP contribution in [0, 0.1) is 5.92 Å². The lowest BCUT2D eigenvalue weighted by Crippen LogP contribution is -2.50. The molecule has 0 radical (unpaired) electrons. The molecule has 1 heterocycles. The molecule has 1 aliphatic heterocycles. The van der Waals surface area contributed by atoms with Gasteiger partial charge in [-0.05, 0) is 49.9 Å². The summed E-state index contributed by atoms with van der Waals surface area (Å²) in [7, 11) is -3.54. The molecule has 26 heavy (non-hydrogen) atoms. The number of hydrogen-bond donors (Lipinski definition) is 0. The Kier molecular flexibility index (Phi) is 5.98. The van der Waals surface area contributed by atoms with Gasteiger partial charge >= 0.3 is 0 Å². The van der Waals surface area contributed by atoms with Gasteiger partial charge in [0.05, 0.1) is 11.5 Å². The summed E-state index contributed by atoms with van der Waals surface area (Å²) in [6.07, 6.45) is 6.86. The number of sulfonamides is 1. The number of piperazine rings is 1. The SMILES string of the molecule is CCOc1ccc(S(=O)(=O)N2CCN(C(=O)C[C@@H]3C=CCC3)CC2)cc1. The number of carbonyl (C=O) groups is 1. The van der Waals surface area contributed by atoms with Crippen LogP contribution in [0.15, 0.2) is 41.3 Å². The van der Waals surface area contributed by atoms with Crippen LogP contribution in [0.25, 0.3) is 0 Å². The molecule has 2 aliphatic rings. The van der Waals surface area contributed by atoms with Crippen molar-refractivity contribution in [2.45, 2.75) is 31.1 Å². The van der Waals surface area contributed by atoms with E-state index in [1.165, 1.54) is 4.31 Å². The van der Waals surface area contributed by atoms with Crippen LogP contribution in [-0.2, 0) is 14.8 Å². The molecule has 142 valence electrons. The van der Waals surface area contributed by atoms with Crippen LogP contribution in [0.2, 0.25) is 0 Å². The fourth-order valence-corrected chi connectivity index (χ4v) is 4.84. The molecule has 0 N–H and O–H groups in total. The topological polar surface area (TPSA) is 66.9 Å². The molecular formula is C19H26N2O4S. The molecule has 1 aromatic rings. The van der Waals surface area contributed by atoms with Gasteiger partial charge in [-0.3, -0.25) is 4.79 Å². The van der Waals surface area contributed by atoms with Gasteiger partial charge in [0.15, 0.2) is 0 Å². The van der Waals surface area contributed by atoms with E-state index in [0.29, 0.717) is 50.9 Å². The van der Waals surface area contributed by atoms with Crippen molar-refractivity contribution in [3.05, 3.63) is 36.4 Å². The second-order valence-electron chi connectivity index (χ2n) is 6.66. The van der Waals surface area contributed by atoms with E-state index in [-0.39, 0.29) is 10.8 Å². The maximum Gasteiger partial charge on any atom is 0.243 e. The van der Waals surface area contributed by atoms with Gasteiger partial charge in [-0.15, -0.1) is 0 Å². The second kappa shape index (κ2) is 8.22. The van der Waals surface area contributed by atoms with E-state index in [1.807, 2.05) is 6.92 Å². The lowest BCUT2D eigenvalue weighted by Gasteiger charge is -2.34. The first-order valence-electron chi connectivity index (χ1n) is 9.18. The number of benzene rings is 1. The number of amides is 1. The molecule has 1 amide bonds. The van der Waals surface area contributed by atoms with Gasteiger partial charge in [0.25, 0.3) is 0 Å². The summed E-state index contributed by atoms with van der Waals surface area (Å²) >= 11 is 0. The molecule has 0 unspecified atom stereocenters. The van der Waals surface area contributed by atoms with E-state index in [0.717, 1.165) is 12.8 Å². The van der Waals surface area contributed by atoms with Gasteiger partial charge < -0.3 is 9.64 Å². The first kappa shape index (κ1) is 18.9. The molecule has 1 aromatic carbocycles. The fraction of sp³-hybridized carbons (Fsp3) is 0.526. The normalized spacial score (nSPS) is 21.1. The Hall–Kier alpha value is -1.86. The van der Waals surface area contributed by atoms with Gasteiger partial charge in [-0.2, -0.15) is 4.31 Å². The van der Waals surface area contributed by atoms with Crippen LogP contribution in [0.3, 0.4) is 0 Å². The highest BCUT2D eigenvalue weighted by Crippen LogP contribution is 2.23. The van der Waals surface area contributed by atoms with Gasteiger partial charge in [-0.1, -0.05) is 12.2 Å². The van der Waals surface area contributed by atoms with Gasteiger partial charge in [-0.25, -0.2) is 8.42 Å². The molecule has 0 spiro atoms. The molecule has 1 aliphatic carbocycles. The Labute approximate surface area is 155 Å². The second-order valence-corrected chi connectivity index (χ2v) is 8.60. The Morgan fingerprint density at radius 1 is 1.15 bits per heavy atom. The predicted molar refractivity (Wildman–Crippen MR) is 99.4 cm³/mol. The van der Waals surface area contributed by atoms with Crippen LogP contribution in [0.1, 0.15) is 26.2 Å². The monoisotopic (exact) mass is 378 g/mol. The van der Waals surface area contributed by atoms with Crippen molar-refractivity contribution in [1.29, 1.82) is 0 Å². The van der Waals surface area contributed by atoms with E-state index >= 15 is 0 Å². The number of carbonyl (C=O) groups excluding carboxylic acids is 1. The highest BCUT2D eigenvalue weighted by atomic mass is 32.2. The van der Waals surface area contributed by atoms with Crippen molar-refractivity contribution in [2.75, 3.05) is 32.8 Å². The fourth-order valence-electron chi connectivity index (χ4n) is 3.42. The Balaban J connectivity index is 1.57. The minimum atomic E-state index is -3.54. The number of nitrogens with zero attached hydrogens (tertiary/aromatic N) is 2. The first-order chi connectivity index (χ1) is 12.5. The van der Waals surface area contributed by atoms with Crippen molar-refractivity contribution in [3.63, 3.8) is 0 Å². The summed E-state index contributed by atoms with van der Waals surface area (Å²) in [4.78, 5) is 14.4. The van der Waals surface area contributed by atoms with Gasteiger partial charge in [0.2, 0.25) is 15.9 Å². The molecule has 1 saturated heterocycles. The van der Waals surface area contributed by atoms with Crippen LogP contribution < -0.4 is 4.74 Å². The van der Waals surface area contributed by atoms with Gasteiger partial charge in [0, 0.05) is 32.6 Å². The maximum atomic E-state index is 12.8. The summed E-state index contributed by atoms with van der Waals surface area (Å²) in [6, 6.07) is 6.49. The summed E-state index contributed by atoms with van der Waals surface area (Å²) in [5.74, 6) is 1.12. The quantitative estimate of drug-likeness (QED) is 0.712. The number of rotatable bonds is 6. The zero-order chi connectivity index (χ0) is 18.6. The number of hydrogen-bond acceptors (Lipinski definition) is 4. The van der Waals surface area contributed by atoms with Crippen molar-refractivity contribution in [2.24, 2.45) is 5.92 Å². The molecule has 3 rings (SSSR count). The van der Waals surface area contributed by atoms with Crippen molar-refractivity contribution in [3.8, 4) is 5.75 Å². The highest BCUT2D eigenvalue weighted by Gasteiger charge is 2.30. The summed E-state index contributed by atoms with van der Waals surface area (Å²) < 4.78 is 32.4. The van der Waals surface area contributed by atoms with Crippen LogP contribution in [0.4, 0.5) is 0 Å². The predicted octanol–water partition coefficient (Wildman–Crippen LogP) is 2.27. The molecule has 7 heteroatoms. The van der Waals surface area contributed by atoms with E-state index in [9.17, 15) is 13.2 Å². The lowest BCUT2D eigenvalue weighted by molar-refractivity contribution is -0.133. The summed E-state index contributed by atoms with van der Waals surface area (Å²) in [5, 5.41) is 0. The number of allylic oxidation sites excluding steroid dienone is 2. The zero-order valence-corrected chi connectivity index (χ0v) is 16.0. The van der Waals surface area contributed by atoms with Crippen molar-refractivity contribution in [1.82, 2.24) is 9.21 Å². The molecule has 1 fully saturated rings. The third-order valence-electron chi connectivity index (χ3n) is 4.91. The smallest absolute Gasteiger partial charge is 0.243 e. The largest absolute Gasteiger partial charge is 0.494 e. The van der Waals surface area contributed by atoms with Crippen LogP contribution in [-0.4, -0.2) is 56.3 Å². The molecule has 6 nitrogen and oxygen atoms in total. The van der Waals surface area contributed by atoms with E-state index in [4.69, 9.17) is 4.74 Å². The Bertz CT molecular complexity index is 750. The zero-order valence-electron chi connectivity index (χ0n) is 15.1. The van der Waals surface area contributed by atoms with E-state index < -0.39 is 10.0 Å². The molecule has 0 bridgehead atoms. The number of ether oxygens (including phenoxy) is 1. The van der Waals surface area contributed by atoms with E-state index in [2.05, 4.69) is 12.2 Å². The molecule has 1 atom stereocenters. The average molecular weight is 378 g/mol. The van der Waals surface area contributed by atoms with E-state index in [1.54, 1.807) is 29.2 Å². The van der Waals surface area contributed by atoms with Crippen LogP contribution >= 0.6 is 0 Å². The minimum absolute atomic E-state index is 0.125. The highest BCUT2D eigenvalue weighted by molar-refractivity contribution is 7.89. The molecular weight excluding hydrogens is 352 g/mol. The molecule has 0 saturated carbocycles. The standard InChI is InChI=1S/C19H26N2O4S/c1-2-25-17-7-9-18(10-8-17)26(23,24)21-13-11-20(12-14-21)19(22)15-16-5-3-4-6-16/h3,5,7-10,16H,2,4,6,11-15H2,1H3/t16-/m1/s1. The average Bonchev–Trinajstić information content (AvgIpc) is 3.15. The van der Waals surface area contributed by atoms with Gasteiger partial charge in [0.1, 0.15) is 5.75 Å². The van der Waals surface area contributed by atoms with Crippen molar-refractivity contribution >= 4 is 15.9 Å². The summed E-state index contributed by atoms with van der Waals surface area (Å²) in [6.45, 7) is 3.99. The minimum Gasteiger partial charge on any atom is -0.494 e.